The minimum absolute atomic E-state index is 0.451. The number of aromatic nitrogens is 2. The summed E-state index contributed by atoms with van der Waals surface area (Å²) in [5.41, 5.74) is 6.11. The number of rotatable bonds is 1. The molecule has 0 spiro atoms. The van der Waals surface area contributed by atoms with Gasteiger partial charge in [0.15, 0.2) is 0 Å². The van der Waals surface area contributed by atoms with Gasteiger partial charge in [-0.15, -0.1) is 0 Å². The van der Waals surface area contributed by atoms with Gasteiger partial charge in [-0.05, 0) is 12.1 Å². The van der Waals surface area contributed by atoms with Crippen LogP contribution in [0, 0.1) is 4.64 Å². The van der Waals surface area contributed by atoms with Crippen LogP contribution in [0.5, 0.6) is 0 Å². The van der Waals surface area contributed by atoms with Crippen molar-refractivity contribution in [2.24, 2.45) is 5.73 Å². The average molecular weight is 141 g/mol. The Morgan fingerprint density at radius 3 is 2.89 bits per heavy atom. The number of hydrogen-bond donors (Lipinski definition) is 2. The Balaban J connectivity index is 3.02. The summed E-state index contributed by atoms with van der Waals surface area (Å²) < 4.78 is 0.632. The first-order valence-corrected chi connectivity index (χ1v) is 2.98. The van der Waals surface area contributed by atoms with Gasteiger partial charge in [-0.3, -0.25) is 5.10 Å². The summed E-state index contributed by atoms with van der Waals surface area (Å²) in [6.45, 7) is 0.451. The van der Waals surface area contributed by atoms with Gasteiger partial charge < -0.3 is 5.73 Å². The fourth-order valence-corrected chi connectivity index (χ4v) is 0.601. The molecule has 48 valence electrons. The molecule has 0 aliphatic heterocycles. The Labute approximate surface area is 57.9 Å². The van der Waals surface area contributed by atoms with E-state index in [0.717, 1.165) is 5.69 Å². The summed E-state index contributed by atoms with van der Waals surface area (Å²) in [4.78, 5) is 0. The van der Waals surface area contributed by atoms with Gasteiger partial charge in [0.2, 0.25) is 0 Å². The Morgan fingerprint density at radius 1 is 1.67 bits per heavy atom. The second kappa shape index (κ2) is 2.70. The molecule has 0 unspecified atom stereocenters. The molecule has 1 aromatic rings. The fourth-order valence-electron chi connectivity index (χ4n) is 0.487. The van der Waals surface area contributed by atoms with Crippen LogP contribution < -0.4 is 5.73 Å². The van der Waals surface area contributed by atoms with Gasteiger partial charge >= 0.3 is 0 Å². The standard InChI is InChI=1S/C5H7N3S/c6-3-4-1-2-5(9)8-7-4/h1-2H,3,6H2,(H,8,9). The Hall–Kier alpha value is -0.740. The predicted molar refractivity (Wildman–Crippen MR) is 37.3 cm³/mol. The normalized spacial score (nSPS) is 9.44. The van der Waals surface area contributed by atoms with E-state index in [1.54, 1.807) is 12.1 Å². The molecule has 1 rings (SSSR count). The van der Waals surface area contributed by atoms with E-state index in [9.17, 15) is 0 Å². The lowest BCUT2D eigenvalue weighted by Crippen LogP contribution is -1.99. The molecule has 0 fully saturated rings. The molecule has 9 heavy (non-hydrogen) atoms. The molecule has 0 aliphatic rings. The summed E-state index contributed by atoms with van der Waals surface area (Å²) >= 11 is 4.76. The highest BCUT2D eigenvalue weighted by Crippen LogP contribution is 1.88. The van der Waals surface area contributed by atoms with Crippen LogP contribution in [0.25, 0.3) is 0 Å². The largest absolute Gasteiger partial charge is 0.325 e. The van der Waals surface area contributed by atoms with Crippen LogP contribution in [0.1, 0.15) is 5.69 Å². The van der Waals surface area contributed by atoms with Gasteiger partial charge in [0, 0.05) is 6.54 Å². The van der Waals surface area contributed by atoms with Crippen LogP contribution in [0.2, 0.25) is 0 Å². The Bertz CT molecular complexity index is 222. The summed E-state index contributed by atoms with van der Waals surface area (Å²) in [6.07, 6.45) is 0. The van der Waals surface area contributed by atoms with Crippen LogP contribution in [-0.4, -0.2) is 10.2 Å². The highest BCUT2D eigenvalue weighted by molar-refractivity contribution is 7.71. The third-order valence-corrected chi connectivity index (χ3v) is 1.17. The molecule has 0 atom stereocenters. The maximum Gasteiger partial charge on any atom is 0.119 e. The van der Waals surface area contributed by atoms with Gasteiger partial charge in [0.25, 0.3) is 0 Å². The molecule has 0 aromatic carbocycles. The Kier molecular flexibility index (Phi) is 1.92. The SMILES string of the molecule is NCc1ccc(=S)[nH]n1. The third-order valence-electron chi connectivity index (χ3n) is 0.946. The molecule has 0 bridgehead atoms. The Morgan fingerprint density at radius 2 is 2.44 bits per heavy atom. The molecule has 1 aromatic heterocycles. The average Bonchev–Trinajstić information content (AvgIpc) is 1.90. The van der Waals surface area contributed by atoms with Crippen LogP contribution in [-0.2, 0) is 6.54 Å². The minimum atomic E-state index is 0.451. The third kappa shape index (κ3) is 1.58. The zero-order chi connectivity index (χ0) is 6.69. The quantitative estimate of drug-likeness (QED) is 0.563. The summed E-state index contributed by atoms with van der Waals surface area (Å²) in [5.74, 6) is 0. The van der Waals surface area contributed by atoms with Crippen molar-refractivity contribution < 1.29 is 0 Å². The molecule has 0 amide bonds. The molecular weight excluding hydrogens is 134 g/mol. The maximum atomic E-state index is 5.28. The van der Waals surface area contributed by atoms with Crippen molar-refractivity contribution in [2.45, 2.75) is 6.54 Å². The molecular formula is C5H7N3S. The van der Waals surface area contributed by atoms with E-state index >= 15 is 0 Å². The number of nitrogens with zero attached hydrogens (tertiary/aromatic N) is 1. The number of H-pyrrole nitrogens is 1. The van der Waals surface area contributed by atoms with Crippen molar-refractivity contribution in [1.29, 1.82) is 0 Å². The lowest BCUT2D eigenvalue weighted by atomic mass is 10.4. The zero-order valence-electron chi connectivity index (χ0n) is 4.79. The molecule has 3 nitrogen and oxygen atoms in total. The molecule has 0 saturated carbocycles. The van der Waals surface area contributed by atoms with Gasteiger partial charge in [0.1, 0.15) is 4.64 Å². The number of nitrogens with one attached hydrogen (secondary N) is 1. The second-order valence-electron chi connectivity index (χ2n) is 1.62. The highest BCUT2D eigenvalue weighted by Gasteiger charge is 1.84. The number of aromatic amines is 1. The van der Waals surface area contributed by atoms with Crippen molar-refractivity contribution in [1.82, 2.24) is 10.2 Å². The zero-order valence-corrected chi connectivity index (χ0v) is 5.61. The van der Waals surface area contributed by atoms with E-state index < -0.39 is 0 Å². The molecule has 3 N–H and O–H groups in total. The van der Waals surface area contributed by atoms with Gasteiger partial charge in [-0.2, -0.15) is 5.10 Å². The highest BCUT2D eigenvalue weighted by atomic mass is 32.1. The maximum absolute atomic E-state index is 5.28. The predicted octanol–water partition coefficient (Wildman–Crippen LogP) is 0.598. The van der Waals surface area contributed by atoms with Crippen molar-refractivity contribution >= 4 is 12.2 Å². The van der Waals surface area contributed by atoms with E-state index in [4.69, 9.17) is 18.0 Å². The topological polar surface area (TPSA) is 54.7 Å². The number of hydrogen-bond acceptors (Lipinski definition) is 3. The van der Waals surface area contributed by atoms with E-state index in [0.29, 0.717) is 11.2 Å². The monoisotopic (exact) mass is 141 g/mol. The summed E-state index contributed by atoms with van der Waals surface area (Å²) in [5, 5.41) is 6.48. The van der Waals surface area contributed by atoms with Crippen LogP contribution in [0.3, 0.4) is 0 Å². The fraction of sp³-hybridized carbons (Fsp3) is 0.200. The first-order valence-electron chi connectivity index (χ1n) is 2.57. The smallest absolute Gasteiger partial charge is 0.119 e. The van der Waals surface area contributed by atoms with Gasteiger partial charge in [-0.1, -0.05) is 12.2 Å². The molecule has 0 radical (unpaired) electrons. The van der Waals surface area contributed by atoms with E-state index in [1.807, 2.05) is 0 Å². The van der Waals surface area contributed by atoms with Crippen LogP contribution in [0.4, 0.5) is 0 Å². The van der Waals surface area contributed by atoms with E-state index in [1.165, 1.54) is 0 Å². The van der Waals surface area contributed by atoms with E-state index in [-0.39, 0.29) is 0 Å². The van der Waals surface area contributed by atoms with Crippen LogP contribution >= 0.6 is 12.2 Å². The first-order chi connectivity index (χ1) is 4.33. The second-order valence-corrected chi connectivity index (χ2v) is 2.06. The first kappa shape index (κ1) is 6.38. The van der Waals surface area contributed by atoms with Crippen molar-refractivity contribution in [3.8, 4) is 0 Å². The van der Waals surface area contributed by atoms with Crippen molar-refractivity contribution in [2.75, 3.05) is 0 Å². The van der Waals surface area contributed by atoms with Crippen molar-refractivity contribution in [3.63, 3.8) is 0 Å². The molecule has 0 saturated heterocycles. The molecule has 0 aliphatic carbocycles. The van der Waals surface area contributed by atoms with Gasteiger partial charge in [-0.25, -0.2) is 0 Å². The lowest BCUT2D eigenvalue weighted by Gasteiger charge is -1.90. The molecule has 1 heterocycles. The number of nitrogens with two attached hydrogens (primary N) is 1. The van der Waals surface area contributed by atoms with E-state index in [2.05, 4.69) is 10.2 Å². The molecule has 4 heteroatoms. The minimum Gasteiger partial charge on any atom is -0.325 e. The summed E-state index contributed by atoms with van der Waals surface area (Å²) in [7, 11) is 0. The van der Waals surface area contributed by atoms with Crippen molar-refractivity contribution in [3.05, 3.63) is 22.5 Å². The lowest BCUT2D eigenvalue weighted by molar-refractivity contribution is 0.891. The van der Waals surface area contributed by atoms with Crippen LogP contribution in [0.15, 0.2) is 12.1 Å². The van der Waals surface area contributed by atoms with Gasteiger partial charge in [0.05, 0.1) is 5.69 Å². The summed E-state index contributed by atoms with van der Waals surface area (Å²) in [6, 6.07) is 3.57.